The van der Waals surface area contributed by atoms with Crippen LogP contribution in [-0.4, -0.2) is 21.7 Å². The molecule has 0 aliphatic heterocycles. The maximum Gasteiger partial charge on any atom is 0.417 e. The van der Waals surface area contributed by atoms with E-state index in [1.807, 2.05) is 25.1 Å². The quantitative estimate of drug-likeness (QED) is 0.679. The molecule has 1 atom stereocenters. The average Bonchev–Trinajstić information content (AvgIpc) is 2.68. The monoisotopic (exact) mass is 374 g/mol. The fourth-order valence-electron chi connectivity index (χ4n) is 2.40. The first kappa shape index (κ1) is 18.8. The lowest BCUT2D eigenvalue weighted by molar-refractivity contribution is -0.137. The molecule has 0 aliphatic rings. The van der Waals surface area contributed by atoms with E-state index in [-0.39, 0.29) is 18.4 Å². The van der Waals surface area contributed by atoms with Gasteiger partial charge in [0.1, 0.15) is 5.75 Å². The van der Waals surface area contributed by atoms with E-state index in [2.05, 4.69) is 9.97 Å². The van der Waals surface area contributed by atoms with Gasteiger partial charge in [0, 0.05) is 29.4 Å². The van der Waals surface area contributed by atoms with E-state index >= 15 is 0 Å². The van der Waals surface area contributed by atoms with Crippen molar-refractivity contribution in [3.8, 4) is 22.9 Å². The molecule has 0 aliphatic carbocycles. The minimum atomic E-state index is -4.43. The maximum atomic E-state index is 12.6. The summed E-state index contributed by atoms with van der Waals surface area (Å²) in [6, 6.07) is 14.7. The first-order chi connectivity index (χ1) is 12.9. The van der Waals surface area contributed by atoms with Crippen molar-refractivity contribution in [1.29, 1.82) is 0 Å². The Balaban J connectivity index is 1.74. The molecule has 2 heterocycles. The number of rotatable bonds is 5. The Morgan fingerprint density at radius 3 is 2.37 bits per heavy atom. The molecule has 0 saturated heterocycles. The van der Waals surface area contributed by atoms with Crippen molar-refractivity contribution in [3.63, 3.8) is 0 Å². The van der Waals surface area contributed by atoms with Gasteiger partial charge in [0.2, 0.25) is 5.88 Å². The summed E-state index contributed by atoms with van der Waals surface area (Å²) in [5.41, 5.74) is 1.58. The maximum absolute atomic E-state index is 12.6. The second-order valence-electron chi connectivity index (χ2n) is 6.04. The van der Waals surface area contributed by atoms with Crippen LogP contribution >= 0.6 is 0 Å². The van der Waals surface area contributed by atoms with Crippen LogP contribution in [0.4, 0.5) is 13.2 Å². The van der Waals surface area contributed by atoms with Crippen LogP contribution in [0.25, 0.3) is 11.3 Å². The molecule has 3 rings (SSSR count). The summed E-state index contributed by atoms with van der Waals surface area (Å²) in [4.78, 5) is 8.22. The van der Waals surface area contributed by atoms with E-state index in [1.165, 1.54) is 6.07 Å². The molecular weight excluding hydrogens is 357 g/mol. The molecule has 0 radical (unpaired) electrons. The Morgan fingerprint density at radius 1 is 1.04 bits per heavy atom. The predicted molar refractivity (Wildman–Crippen MR) is 94.5 cm³/mol. The summed E-state index contributed by atoms with van der Waals surface area (Å²) in [7, 11) is 0. The van der Waals surface area contributed by atoms with Crippen LogP contribution in [0.1, 0.15) is 24.1 Å². The standard InChI is InChI=1S/C20H17F3N2O2/c1-13(12-26)17-3-2-4-18(25-17)14-5-8-16(9-6-14)27-19-10-7-15(11-24-19)20(21,22)23/h2-11,13,26H,12H2,1H3/t13-/m0/s1. The number of aliphatic hydroxyl groups excluding tert-OH is 1. The molecule has 7 heteroatoms. The molecule has 1 N–H and O–H groups in total. The zero-order chi connectivity index (χ0) is 19.4. The summed E-state index contributed by atoms with van der Waals surface area (Å²) in [5.74, 6) is 0.469. The van der Waals surface area contributed by atoms with Crippen LogP contribution in [0.2, 0.25) is 0 Å². The van der Waals surface area contributed by atoms with E-state index in [9.17, 15) is 18.3 Å². The van der Waals surface area contributed by atoms with Crippen molar-refractivity contribution in [3.05, 3.63) is 72.1 Å². The molecule has 2 aromatic heterocycles. The predicted octanol–water partition coefficient (Wildman–Crippen LogP) is 5.05. The van der Waals surface area contributed by atoms with Crippen molar-refractivity contribution in [2.75, 3.05) is 6.61 Å². The number of nitrogens with zero attached hydrogens (tertiary/aromatic N) is 2. The molecule has 0 bridgehead atoms. The number of halogens is 3. The highest BCUT2D eigenvalue weighted by atomic mass is 19.4. The highest BCUT2D eigenvalue weighted by Crippen LogP contribution is 2.30. The number of aliphatic hydroxyl groups is 1. The molecule has 27 heavy (non-hydrogen) atoms. The van der Waals surface area contributed by atoms with Crippen LogP contribution in [-0.2, 0) is 6.18 Å². The second-order valence-corrected chi connectivity index (χ2v) is 6.04. The van der Waals surface area contributed by atoms with Crippen molar-refractivity contribution in [2.45, 2.75) is 19.0 Å². The molecule has 0 fully saturated rings. The molecule has 1 aromatic carbocycles. The molecule has 0 amide bonds. The number of ether oxygens (including phenoxy) is 1. The first-order valence-corrected chi connectivity index (χ1v) is 8.26. The highest BCUT2D eigenvalue weighted by Gasteiger charge is 2.30. The van der Waals surface area contributed by atoms with Crippen LogP contribution in [0.3, 0.4) is 0 Å². The Kier molecular flexibility index (Phi) is 5.41. The number of pyridine rings is 2. The summed E-state index contributed by atoms with van der Waals surface area (Å²) < 4.78 is 43.1. The molecule has 3 aromatic rings. The van der Waals surface area contributed by atoms with Crippen LogP contribution in [0.15, 0.2) is 60.8 Å². The first-order valence-electron chi connectivity index (χ1n) is 8.26. The summed E-state index contributed by atoms with van der Waals surface area (Å²) in [6.07, 6.45) is -3.69. The minimum Gasteiger partial charge on any atom is -0.439 e. The van der Waals surface area contributed by atoms with Gasteiger partial charge in [0.25, 0.3) is 0 Å². The third kappa shape index (κ3) is 4.62. The van der Waals surface area contributed by atoms with Gasteiger partial charge >= 0.3 is 6.18 Å². The zero-order valence-corrected chi connectivity index (χ0v) is 14.4. The second kappa shape index (κ2) is 7.75. The van der Waals surface area contributed by atoms with Crippen LogP contribution in [0.5, 0.6) is 11.6 Å². The molecule has 4 nitrogen and oxygen atoms in total. The molecule has 0 saturated carbocycles. The number of hydrogen-bond acceptors (Lipinski definition) is 4. The minimum absolute atomic E-state index is 0.0172. The topological polar surface area (TPSA) is 55.2 Å². The van der Waals surface area contributed by atoms with Crippen molar-refractivity contribution in [2.24, 2.45) is 0 Å². The van der Waals surface area contributed by atoms with Gasteiger partial charge in [-0.2, -0.15) is 13.2 Å². The van der Waals surface area contributed by atoms with E-state index in [4.69, 9.17) is 4.74 Å². The third-order valence-corrected chi connectivity index (χ3v) is 3.99. The highest BCUT2D eigenvalue weighted by molar-refractivity contribution is 5.60. The number of hydrogen-bond donors (Lipinski definition) is 1. The van der Waals surface area contributed by atoms with E-state index in [0.717, 1.165) is 29.2 Å². The van der Waals surface area contributed by atoms with Crippen molar-refractivity contribution >= 4 is 0 Å². The van der Waals surface area contributed by atoms with Gasteiger partial charge in [-0.3, -0.25) is 4.98 Å². The molecule has 0 spiro atoms. The van der Waals surface area contributed by atoms with Gasteiger partial charge in [-0.15, -0.1) is 0 Å². The third-order valence-electron chi connectivity index (χ3n) is 3.99. The Labute approximate surface area is 154 Å². The van der Waals surface area contributed by atoms with Crippen LogP contribution < -0.4 is 4.74 Å². The summed E-state index contributed by atoms with van der Waals surface area (Å²) in [5, 5.41) is 9.26. The van der Waals surface area contributed by atoms with Gasteiger partial charge < -0.3 is 9.84 Å². The SMILES string of the molecule is C[C@@H](CO)c1cccc(-c2ccc(Oc3ccc(C(F)(F)F)cn3)cc2)n1. The number of aromatic nitrogens is 2. The lowest BCUT2D eigenvalue weighted by Crippen LogP contribution is -2.05. The number of benzene rings is 1. The Hall–Kier alpha value is -2.93. The van der Waals surface area contributed by atoms with E-state index in [0.29, 0.717) is 5.75 Å². The Bertz CT molecular complexity index is 894. The van der Waals surface area contributed by atoms with Gasteiger partial charge in [-0.1, -0.05) is 13.0 Å². The van der Waals surface area contributed by atoms with Gasteiger partial charge in [-0.05, 0) is 42.5 Å². The van der Waals surface area contributed by atoms with E-state index in [1.54, 1.807) is 24.3 Å². The number of alkyl halides is 3. The van der Waals surface area contributed by atoms with Gasteiger partial charge in [-0.25, -0.2) is 4.98 Å². The molecule has 140 valence electrons. The molecular formula is C20H17F3N2O2. The smallest absolute Gasteiger partial charge is 0.417 e. The van der Waals surface area contributed by atoms with Crippen molar-refractivity contribution < 1.29 is 23.0 Å². The largest absolute Gasteiger partial charge is 0.439 e. The van der Waals surface area contributed by atoms with Gasteiger partial charge in [0.05, 0.1) is 17.9 Å². The van der Waals surface area contributed by atoms with Crippen molar-refractivity contribution in [1.82, 2.24) is 9.97 Å². The Morgan fingerprint density at radius 2 is 1.78 bits per heavy atom. The normalized spacial score (nSPS) is 12.6. The summed E-state index contributed by atoms with van der Waals surface area (Å²) >= 11 is 0. The zero-order valence-electron chi connectivity index (χ0n) is 14.4. The fourth-order valence-corrected chi connectivity index (χ4v) is 2.40. The molecule has 0 unspecified atom stereocenters. The fraction of sp³-hybridized carbons (Fsp3) is 0.200. The average molecular weight is 374 g/mol. The van der Waals surface area contributed by atoms with Gasteiger partial charge in [0.15, 0.2) is 0 Å². The summed E-state index contributed by atoms with van der Waals surface area (Å²) in [6.45, 7) is 1.91. The lowest BCUT2D eigenvalue weighted by Gasteiger charge is -2.10. The van der Waals surface area contributed by atoms with E-state index < -0.39 is 11.7 Å². The lowest BCUT2D eigenvalue weighted by atomic mass is 10.1. The van der Waals surface area contributed by atoms with Crippen LogP contribution in [0, 0.1) is 0 Å².